The second-order valence-corrected chi connectivity index (χ2v) is 4.42. The standard InChI is InChI=1S/C13H13ClN4O3/c1-3-21-10-7-5-4-6-9(10)16-12-11(18(19)20)8(2)15-13(14)17-12/h4-7H,3H2,1-2H3,(H,15,16,17). The minimum atomic E-state index is -0.544. The van der Waals surface area contributed by atoms with E-state index in [1.165, 1.54) is 6.92 Å². The Bertz CT molecular complexity index is 678. The van der Waals surface area contributed by atoms with Crippen LogP contribution in [0.3, 0.4) is 0 Å². The minimum absolute atomic E-state index is 0.0321. The van der Waals surface area contributed by atoms with Crippen LogP contribution in [0.4, 0.5) is 17.2 Å². The van der Waals surface area contributed by atoms with Crippen LogP contribution in [-0.4, -0.2) is 21.5 Å². The summed E-state index contributed by atoms with van der Waals surface area (Å²) >= 11 is 5.78. The molecule has 0 saturated heterocycles. The molecular formula is C13H13ClN4O3. The van der Waals surface area contributed by atoms with Crippen LogP contribution in [0.25, 0.3) is 0 Å². The van der Waals surface area contributed by atoms with E-state index in [9.17, 15) is 10.1 Å². The number of benzene rings is 1. The predicted octanol–water partition coefficient (Wildman–Crippen LogP) is 3.49. The smallest absolute Gasteiger partial charge is 0.332 e. The lowest BCUT2D eigenvalue weighted by Crippen LogP contribution is -2.05. The maximum atomic E-state index is 11.2. The number of rotatable bonds is 5. The third-order valence-electron chi connectivity index (χ3n) is 2.65. The van der Waals surface area contributed by atoms with Gasteiger partial charge in [-0.2, -0.15) is 4.98 Å². The van der Waals surface area contributed by atoms with Crippen LogP contribution in [0, 0.1) is 17.0 Å². The summed E-state index contributed by atoms with van der Waals surface area (Å²) in [6.07, 6.45) is 0. The summed E-state index contributed by atoms with van der Waals surface area (Å²) in [6.45, 7) is 3.83. The first kappa shape index (κ1) is 15.0. The van der Waals surface area contributed by atoms with E-state index in [0.717, 1.165) is 0 Å². The molecule has 1 aromatic carbocycles. The third-order valence-corrected chi connectivity index (χ3v) is 2.82. The van der Waals surface area contributed by atoms with Gasteiger partial charge in [-0.05, 0) is 37.6 Å². The van der Waals surface area contributed by atoms with Crippen LogP contribution < -0.4 is 10.1 Å². The van der Waals surface area contributed by atoms with Crippen molar-refractivity contribution in [3.63, 3.8) is 0 Å². The van der Waals surface area contributed by atoms with Gasteiger partial charge in [-0.25, -0.2) is 4.98 Å². The molecule has 2 rings (SSSR count). The summed E-state index contributed by atoms with van der Waals surface area (Å²) in [7, 11) is 0. The molecule has 0 saturated carbocycles. The molecule has 0 unspecified atom stereocenters. The van der Waals surface area contributed by atoms with Gasteiger partial charge in [0.15, 0.2) is 0 Å². The van der Waals surface area contributed by atoms with Crippen molar-refractivity contribution in [1.82, 2.24) is 9.97 Å². The van der Waals surface area contributed by atoms with Crippen LogP contribution in [0.15, 0.2) is 24.3 Å². The number of hydrogen-bond donors (Lipinski definition) is 1. The molecule has 0 bridgehead atoms. The number of nitrogens with zero attached hydrogens (tertiary/aromatic N) is 3. The van der Waals surface area contributed by atoms with Gasteiger partial charge < -0.3 is 10.1 Å². The minimum Gasteiger partial charge on any atom is -0.492 e. The molecule has 0 atom stereocenters. The highest BCUT2D eigenvalue weighted by atomic mass is 35.5. The van der Waals surface area contributed by atoms with Crippen molar-refractivity contribution in [3.8, 4) is 5.75 Å². The quantitative estimate of drug-likeness (QED) is 0.516. The molecule has 0 aliphatic rings. The third kappa shape index (κ3) is 3.38. The van der Waals surface area contributed by atoms with Crippen LogP contribution in [0.2, 0.25) is 5.28 Å². The van der Waals surface area contributed by atoms with Gasteiger partial charge in [0.2, 0.25) is 11.1 Å². The lowest BCUT2D eigenvalue weighted by atomic mass is 10.2. The normalized spacial score (nSPS) is 10.2. The van der Waals surface area contributed by atoms with E-state index in [1.807, 2.05) is 13.0 Å². The zero-order valence-electron chi connectivity index (χ0n) is 11.5. The van der Waals surface area contributed by atoms with Crippen LogP contribution >= 0.6 is 11.6 Å². The van der Waals surface area contributed by atoms with Gasteiger partial charge in [0, 0.05) is 0 Å². The second-order valence-electron chi connectivity index (χ2n) is 4.09. The first-order valence-electron chi connectivity index (χ1n) is 6.20. The van der Waals surface area contributed by atoms with Gasteiger partial charge in [0.1, 0.15) is 11.4 Å². The molecule has 1 heterocycles. The zero-order valence-corrected chi connectivity index (χ0v) is 12.2. The Morgan fingerprint density at radius 3 is 2.76 bits per heavy atom. The van der Waals surface area contributed by atoms with E-state index < -0.39 is 4.92 Å². The van der Waals surface area contributed by atoms with E-state index in [0.29, 0.717) is 18.0 Å². The predicted molar refractivity (Wildman–Crippen MR) is 79.3 cm³/mol. The molecule has 1 N–H and O–H groups in total. The van der Waals surface area contributed by atoms with Gasteiger partial charge >= 0.3 is 5.69 Å². The van der Waals surface area contributed by atoms with E-state index in [1.54, 1.807) is 18.2 Å². The molecule has 1 aromatic heterocycles. The molecule has 110 valence electrons. The molecule has 21 heavy (non-hydrogen) atoms. The Morgan fingerprint density at radius 1 is 1.38 bits per heavy atom. The summed E-state index contributed by atoms with van der Waals surface area (Å²) in [4.78, 5) is 18.3. The highest BCUT2D eigenvalue weighted by molar-refractivity contribution is 6.28. The fraction of sp³-hybridized carbons (Fsp3) is 0.231. The monoisotopic (exact) mass is 308 g/mol. The average molecular weight is 309 g/mol. The summed E-state index contributed by atoms with van der Waals surface area (Å²) in [5.74, 6) is 0.603. The molecule has 0 aliphatic carbocycles. The SMILES string of the molecule is CCOc1ccccc1Nc1nc(Cl)nc(C)c1[N+](=O)[O-]. The van der Waals surface area contributed by atoms with Crippen molar-refractivity contribution in [3.05, 3.63) is 45.4 Å². The Balaban J connectivity index is 2.47. The summed E-state index contributed by atoms with van der Waals surface area (Å²) in [5, 5.41) is 14.0. The lowest BCUT2D eigenvalue weighted by Gasteiger charge is -2.12. The molecule has 0 fully saturated rings. The Labute approximate surface area is 126 Å². The van der Waals surface area contributed by atoms with E-state index in [-0.39, 0.29) is 22.5 Å². The fourth-order valence-corrected chi connectivity index (χ4v) is 2.03. The zero-order chi connectivity index (χ0) is 15.4. The van der Waals surface area contributed by atoms with Crippen LogP contribution in [0.5, 0.6) is 5.75 Å². The van der Waals surface area contributed by atoms with Crippen LogP contribution in [-0.2, 0) is 0 Å². The largest absolute Gasteiger partial charge is 0.492 e. The van der Waals surface area contributed by atoms with Crippen molar-refractivity contribution < 1.29 is 9.66 Å². The number of aryl methyl sites for hydroxylation is 1. The van der Waals surface area contributed by atoms with Crippen molar-refractivity contribution in [2.45, 2.75) is 13.8 Å². The molecule has 0 aliphatic heterocycles. The molecule has 0 radical (unpaired) electrons. The van der Waals surface area contributed by atoms with Gasteiger partial charge in [0.05, 0.1) is 17.2 Å². The number of hydrogen-bond acceptors (Lipinski definition) is 6. The maximum absolute atomic E-state index is 11.2. The number of nitro groups is 1. The van der Waals surface area contributed by atoms with Gasteiger partial charge in [-0.15, -0.1) is 0 Å². The summed E-state index contributed by atoms with van der Waals surface area (Å²) in [5.41, 5.74) is 0.540. The van der Waals surface area contributed by atoms with E-state index in [4.69, 9.17) is 16.3 Å². The van der Waals surface area contributed by atoms with Crippen molar-refractivity contribution in [1.29, 1.82) is 0 Å². The number of halogens is 1. The Kier molecular flexibility index (Phi) is 4.54. The van der Waals surface area contributed by atoms with E-state index in [2.05, 4.69) is 15.3 Å². The number of nitrogens with one attached hydrogen (secondary N) is 1. The highest BCUT2D eigenvalue weighted by Gasteiger charge is 2.22. The topological polar surface area (TPSA) is 90.2 Å². The molecule has 7 nitrogen and oxygen atoms in total. The van der Waals surface area contributed by atoms with Crippen molar-refractivity contribution in [2.75, 3.05) is 11.9 Å². The summed E-state index contributed by atoms with van der Waals surface area (Å²) < 4.78 is 5.46. The summed E-state index contributed by atoms with van der Waals surface area (Å²) in [6, 6.07) is 7.09. The first-order chi connectivity index (χ1) is 10.0. The molecule has 0 amide bonds. The van der Waals surface area contributed by atoms with Gasteiger partial charge in [-0.3, -0.25) is 10.1 Å². The van der Waals surface area contributed by atoms with E-state index >= 15 is 0 Å². The van der Waals surface area contributed by atoms with Crippen molar-refractivity contribution >= 4 is 28.8 Å². The first-order valence-corrected chi connectivity index (χ1v) is 6.58. The number of aromatic nitrogens is 2. The number of anilines is 2. The molecular weight excluding hydrogens is 296 g/mol. The maximum Gasteiger partial charge on any atom is 0.332 e. The molecule has 0 spiro atoms. The lowest BCUT2D eigenvalue weighted by molar-refractivity contribution is -0.385. The fourth-order valence-electron chi connectivity index (χ4n) is 1.82. The average Bonchev–Trinajstić information content (AvgIpc) is 2.40. The number of para-hydroxylation sites is 2. The Morgan fingerprint density at radius 2 is 2.10 bits per heavy atom. The van der Waals surface area contributed by atoms with Crippen molar-refractivity contribution in [2.24, 2.45) is 0 Å². The molecule has 8 heteroatoms. The Hall–Kier alpha value is -2.41. The molecule has 2 aromatic rings. The highest BCUT2D eigenvalue weighted by Crippen LogP contribution is 2.32. The van der Waals surface area contributed by atoms with Gasteiger partial charge in [0.25, 0.3) is 0 Å². The number of ether oxygens (including phenoxy) is 1. The van der Waals surface area contributed by atoms with Crippen LogP contribution in [0.1, 0.15) is 12.6 Å². The van der Waals surface area contributed by atoms with Gasteiger partial charge in [-0.1, -0.05) is 12.1 Å². The second kappa shape index (κ2) is 6.36.